The average molecular weight is 389 g/mol. The van der Waals surface area contributed by atoms with Gasteiger partial charge in [0.15, 0.2) is 0 Å². The Balaban J connectivity index is 1.96. The third kappa shape index (κ3) is 2.56. The molecule has 136 valence electrons. The number of fused-ring (bicyclic) bond motifs is 2. The number of nitrogens with zero attached hydrogens (tertiary/aromatic N) is 6. The minimum absolute atomic E-state index is 0.242. The molecule has 7 nitrogen and oxygen atoms in total. The molecule has 5 rings (SSSR count). The first kappa shape index (κ1) is 16.6. The van der Waals surface area contributed by atoms with Gasteiger partial charge in [-0.3, -0.25) is 9.36 Å². The van der Waals surface area contributed by atoms with Crippen LogP contribution in [0.4, 0.5) is 0 Å². The molecule has 0 saturated carbocycles. The number of rotatable bonds is 2. The number of pyridine rings is 2. The summed E-state index contributed by atoms with van der Waals surface area (Å²) < 4.78 is 3.08. The SMILES string of the molecule is Cc1nc2nc3ccn(-c4ccccn4)c(=O)c3c(-c3cccc(Cl)c3)n2n1. The maximum Gasteiger partial charge on any atom is 0.267 e. The summed E-state index contributed by atoms with van der Waals surface area (Å²) in [5, 5.41) is 5.44. The van der Waals surface area contributed by atoms with Gasteiger partial charge in [0.25, 0.3) is 11.3 Å². The molecule has 0 aliphatic rings. The van der Waals surface area contributed by atoms with Gasteiger partial charge in [0.05, 0.1) is 16.6 Å². The number of hydrogen-bond acceptors (Lipinski definition) is 5. The van der Waals surface area contributed by atoms with Crippen molar-refractivity contribution in [3.8, 4) is 17.1 Å². The molecule has 0 fully saturated rings. The van der Waals surface area contributed by atoms with E-state index in [-0.39, 0.29) is 5.56 Å². The Bertz CT molecular complexity index is 1410. The van der Waals surface area contributed by atoms with E-state index in [0.29, 0.717) is 39.0 Å². The minimum Gasteiger partial charge on any atom is -0.268 e. The van der Waals surface area contributed by atoms with E-state index in [1.165, 1.54) is 4.57 Å². The molecule has 0 N–H and O–H groups in total. The second kappa shape index (κ2) is 6.24. The van der Waals surface area contributed by atoms with Gasteiger partial charge in [-0.15, -0.1) is 5.10 Å². The van der Waals surface area contributed by atoms with E-state index in [9.17, 15) is 4.79 Å². The van der Waals surface area contributed by atoms with Crippen molar-refractivity contribution in [2.24, 2.45) is 0 Å². The second-order valence-corrected chi connectivity index (χ2v) is 6.72. The predicted octanol–water partition coefficient (Wildman–Crippen LogP) is 3.45. The van der Waals surface area contributed by atoms with Gasteiger partial charge >= 0.3 is 0 Å². The highest BCUT2D eigenvalue weighted by Crippen LogP contribution is 2.28. The van der Waals surface area contributed by atoms with Gasteiger partial charge in [-0.05, 0) is 37.3 Å². The number of halogens is 1. The molecule has 0 saturated heterocycles. The van der Waals surface area contributed by atoms with Crippen molar-refractivity contribution >= 4 is 28.3 Å². The van der Waals surface area contributed by atoms with E-state index in [4.69, 9.17) is 11.6 Å². The zero-order valence-corrected chi connectivity index (χ0v) is 15.5. The van der Waals surface area contributed by atoms with Crippen LogP contribution in [0, 0.1) is 6.92 Å². The Hall–Kier alpha value is -3.58. The van der Waals surface area contributed by atoms with Crippen LogP contribution < -0.4 is 5.56 Å². The molecule has 0 unspecified atom stereocenters. The van der Waals surface area contributed by atoms with Gasteiger partial charge in [0.1, 0.15) is 11.6 Å². The van der Waals surface area contributed by atoms with Crippen molar-refractivity contribution in [1.82, 2.24) is 29.1 Å². The molecule has 0 radical (unpaired) electrons. The average Bonchev–Trinajstić information content (AvgIpc) is 3.07. The van der Waals surface area contributed by atoms with Gasteiger partial charge in [0, 0.05) is 23.0 Å². The van der Waals surface area contributed by atoms with Crippen LogP contribution in [0.2, 0.25) is 5.02 Å². The normalized spacial score (nSPS) is 11.4. The molecular formula is C20H13ClN6O. The van der Waals surface area contributed by atoms with Crippen LogP contribution in [0.1, 0.15) is 5.82 Å². The van der Waals surface area contributed by atoms with Crippen LogP contribution in [0.5, 0.6) is 0 Å². The maximum atomic E-state index is 13.4. The first-order chi connectivity index (χ1) is 13.6. The Morgan fingerprint density at radius 2 is 1.93 bits per heavy atom. The van der Waals surface area contributed by atoms with Crippen LogP contribution in [0.25, 0.3) is 33.8 Å². The summed E-state index contributed by atoms with van der Waals surface area (Å²) in [5.74, 6) is 1.52. The van der Waals surface area contributed by atoms with Gasteiger partial charge in [-0.1, -0.05) is 29.8 Å². The molecule has 5 aromatic rings. The predicted molar refractivity (Wildman–Crippen MR) is 107 cm³/mol. The summed E-state index contributed by atoms with van der Waals surface area (Å²) in [4.78, 5) is 26.6. The third-order valence-corrected chi connectivity index (χ3v) is 4.66. The van der Waals surface area contributed by atoms with E-state index in [2.05, 4.69) is 20.1 Å². The number of aryl methyl sites for hydroxylation is 1. The Morgan fingerprint density at radius 1 is 1.04 bits per heavy atom. The molecule has 4 aromatic heterocycles. The van der Waals surface area contributed by atoms with Gasteiger partial charge < -0.3 is 0 Å². The fraction of sp³-hybridized carbons (Fsp3) is 0.0500. The van der Waals surface area contributed by atoms with E-state index in [1.807, 2.05) is 18.2 Å². The number of hydrogen-bond donors (Lipinski definition) is 0. The van der Waals surface area contributed by atoms with E-state index < -0.39 is 0 Å². The molecule has 0 bridgehead atoms. The minimum atomic E-state index is -0.242. The largest absolute Gasteiger partial charge is 0.268 e. The summed E-state index contributed by atoms with van der Waals surface area (Å²) >= 11 is 6.22. The highest BCUT2D eigenvalue weighted by Gasteiger charge is 2.18. The van der Waals surface area contributed by atoms with Crippen LogP contribution >= 0.6 is 11.6 Å². The van der Waals surface area contributed by atoms with Crippen molar-refractivity contribution in [2.75, 3.05) is 0 Å². The van der Waals surface area contributed by atoms with Gasteiger partial charge in [-0.2, -0.15) is 9.50 Å². The fourth-order valence-electron chi connectivity index (χ4n) is 3.26. The van der Waals surface area contributed by atoms with E-state index >= 15 is 0 Å². The van der Waals surface area contributed by atoms with Crippen molar-refractivity contribution in [2.45, 2.75) is 6.92 Å². The zero-order valence-electron chi connectivity index (χ0n) is 14.7. The Morgan fingerprint density at radius 3 is 2.71 bits per heavy atom. The summed E-state index contributed by atoms with van der Waals surface area (Å²) in [5.41, 5.74) is 1.64. The summed E-state index contributed by atoms with van der Waals surface area (Å²) in [6.07, 6.45) is 3.31. The third-order valence-electron chi connectivity index (χ3n) is 4.43. The lowest BCUT2D eigenvalue weighted by Crippen LogP contribution is -2.20. The molecular weight excluding hydrogens is 376 g/mol. The van der Waals surface area contributed by atoms with Crippen LogP contribution in [0.3, 0.4) is 0 Å². The number of aromatic nitrogens is 6. The molecule has 4 heterocycles. The topological polar surface area (TPSA) is 78.0 Å². The molecule has 28 heavy (non-hydrogen) atoms. The Labute approximate surface area is 163 Å². The quantitative estimate of drug-likeness (QED) is 0.463. The van der Waals surface area contributed by atoms with Gasteiger partial charge in [0.2, 0.25) is 0 Å². The van der Waals surface area contributed by atoms with Crippen LogP contribution in [-0.4, -0.2) is 29.1 Å². The summed E-state index contributed by atoms with van der Waals surface area (Å²) in [6, 6.07) is 14.5. The molecule has 1 aromatic carbocycles. The molecule has 0 aliphatic heterocycles. The lowest BCUT2D eigenvalue weighted by atomic mass is 10.1. The van der Waals surface area contributed by atoms with Crippen molar-refractivity contribution < 1.29 is 0 Å². The molecule has 0 aliphatic carbocycles. The standard InChI is InChI=1S/C20H13ClN6O/c1-12-23-20-24-15-8-10-26(16-7-2-3-9-22-16)19(28)17(15)18(27(20)25-12)13-5-4-6-14(21)11-13/h2-11H,1H3. The molecule has 0 spiro atoms. The highest BCUT2D eigenvalue weighted by atomic mass is 35.5. The smallest absolute Gasteiger partial charge is 0.267 e. The first-order valence-corrected chi connectivity index (χ1v) is 8.96. The first-order valence-electron chi connectivity index (χ1n) is 8.58. The lowest BCUT2D eigenvalue weighted by Gasteiger charge is -2.11. The lowest BCUT2D eigenvalue weighted by molar-refractivity contribution is 0.920. The number of benzene rings is 1. The zero-order chi connectivity index (χ0) is 19.3. The Kier molecular flexibility index (Phi) is 3.70. The van der Waals surface area contributed by atoms with E-state index in [0.717, 1.165) is 5.56 Å². The second-order valence-electron chi connectivity index (χ2n) is 6.28. The highest BCUT2D eigenvalue weighted by molar-refractivity contribution is 6.30. The molecule has 0 atom stereocenters. The van der Waals surface area contributed by atoms with Crippen molar-refractivity contribution in [1.29, 1.82) is 0 Å². The summed E-state index contributed by atoms with van der Waals surface area (Å²) in [6.45, 7) is 1.78. The van der Waals surface area contributed by atoms with Crippen LogP contribution in [0.15, 0.2) is 65.7 Å². The maximum absolute atomic E-state index is 13.4. The van der Waals surface area contributed by atoms with Crippen molar-refractivity contribution in [3.63, 3.8) is 0 Å². The van der Waals surface area contributed by atoms with Crippen LogP contribution in [-0.2, 0) is 0 Å². The van der Waals surface area contributed by atoms with E-state index in [1.54, 1.807) is 54.2 Å². The van der Waals surface area contributed by atoms with Gasteiger partial charge in [-0.25, -0.2) is 9.97 Å². The summed E-state index contributed by atoms with van der Waals surface area (Å²) in [7, 11) is 0. The molecule has 0 amide bonds. The molecule has 8 heteroatoms. The fourth-order valence-corrected chi connectivity index (χ4v) is 3.45. The monoisotopic (exact) mass is 388 g/mol. The van der Waals surface area contributed by atoms with Crippen molar-refractivity contribution in [3.05, 3.63) is 82.1 Å².